The second-order valence-corrected chi connectivity index (χ2v) is 4.85. The second kappa shape index (κ2) is 4.96. The molecule has 0 aliphatic heterocycles. The lowest BCUT2D eigenvalue weighted by Crippen LogP contribution is -2.20. The summed E-state index contributed by atoms with van der Waals surface area (Å²) in [5.74, 6) is 0. The van der Waals surface area contributed by atoms with Crippen LogP contribution >= 0.6 is 0 Å². The third-order valence-electron chi connectivity index (χ3n) is 3.46. The predicted octanol–water partition coefficient (Wildman–Crippen LogP) is 2.09. The molecular weight excluding hydrogens is 284 g/mol. The van der Waals surface area contributed by atoms with Crippen molar-refractivity contribution in [2.75, 3.05) is 5.73 Å². The highest BCUT2D eigenvalue weighted by Gasteiger charge is 2.16. The lowest BCUT2D eigenvalue weighted by molar-refractivity contribution is -0.383. The number of aryl methyl sites for hydroxylation is 1. The molecule has 7 heteroatoms. The first kappa shape index (κ1) is 13.7. The van der Waals surface area contributed by atoms with Crippen LogP contribution in [0.5, 0.6) is 0 Å². The Morgan fingerprint density at radius 3 is 2.55 bits per heavy atom. The van der Waals surface area contributed by atoms with Crippen LogP contribution in [0.25, 0.3) is 22.0 Å². The average molecular weight is 296 g/mol. The quantitative estimate of drug-likeness (QED) is 0.443. The number of nitrogens with zero attached hydrogens (tertiary/aromatic N) is 3. The third kappa shape index (κ3) is 2.08. The maximum Gasteiger partial charge on any atom is 0.292 e. The molecule has 3 aromatic rings. The molecule has 7 nitrogen and oxygen atoms in total. The molecule has 0 aliphatic rings. The summed E-state index contributed by atoms with van der Waals surface area (Å²) < 4.78 is 1.22. The number of anilines is 1. The van der Waals surface area contributed by atoms with Gasteiger partial charge in [-0.25, -0.2) is 4.68 Å². The minimum Gasteiger partial charge on any atom is -0.393 e. The molecule has 0 saturated heterocycles. The number of fused-ring (bicyclic) bond motifs is 1. The van der Waals surface area contributed by atoms with Crippen molar-refractivity contribution >= 4 is 22.1 Å². The molecule has 0 amide bonds. The molecule has 0 saturated carbocycles. The minimum atomic E-state index is -0.539. The summed E-state index contributed by atoms with van der Waals surface area (Å²) in [5.41, 5.74) is 6.34. The van der Waals surface area contributed by atoms with Gasteiger partial charge in [-0.15, -0.1) is 0 Å². The molecule has 0 fully saturated rings. The zero-order valence-corrected chi connectivity index (χ0v) is 11.7. The van der Waals surface area contributed by atoms with Crippen molar-refractivity contribution in [1.82, 2.24) is 9.78 Å². The van der Waals surface area contributed by atoms with Crippen molar-refractivity contribution in [3.63, 3.8) is 0 Å². The number of nitro benzene ring substituents is 1. The molecule has 1 aromatic heterocycles. The van der Waals surface area contributed by atoms with Crippen LogP contribution in [0, 0.1) is 10.1 Å². The summed E-state index contributed by atoms with van der Waals surface area (Å²) in [6, 6.07) is 11.5. The van der Waals surface area contributed by atoms with E-state index < -0.39 is 4.92 Å². The second-order valence-electron chi connectivity index (χ2n) is 4.85. The number of hydrogen-bond donors (Lipinski definition) is 1. The molecule has 22 heavy (non-hydrogen) atoms. The van der Waals surface area contributed by atoms with Gasteiger partial charge in [0.1, 0.15) is 5.69 Å². The summed E-state index contributed by atoms with van der Waals surface area (Å²) in [7, 11) is 1.55. The first-order chi connectivity index (χ1) is 10.5. The standard InChI is InChI=1S/C15H12N4O3/c1-18-15(20)11-5-3-2-4-10(11)14(17-18)9-6-7-12(16)13(8-9)19(21)22/h2-8H,16H2,1H3. The van der Waals surface area contributed by atoms with Crippen molar-refractivity contribution in [2.45, 2.75) is 0 Å². The molecule has 0 atom stereocenters. The van der Waals surface area contributed by atoms with Gasteiger partial charge in [-0.2, -0.15) is 5.10 Å². The number of benzene rings is 2. The Morgan fingerprint density at radius 2 is 1.86 bits per heavy atom. The average Bonchev–Trinajstić information content (AvgIpc) is 2.51. The van der Waals surface area contributed by atoms with Crippen molar-refractivity contribution in [2.24, 2.45) is 7.05 Å². The fraction of sp³-hybridized carbons (Fsp3) is 0.0667. The van der Waals surface area contributed by atoms with Crippen LogP contribution < -0.4 is 11.3 Å². The number of nitro groups is 1. The van der Waals surface area contributed by atoms with Crippen molar-refractivity contribution in [3.8, 4) is 11.3 Å². The molecule has 0 radical (unpaired) electrons. The number of rotatable bonds is 2. The Labute approximate surface area is 124 Å². The molecule has 3 rings (SSSR count). The number of aromatic nitrogens is 2. The summed E-state index contributed by atoms with van der Waals surface area (Å²) in [5, 5.41) is 16.4. The van der Waals surface area contributed by atoms with Crippen LogP contribution in [0.15, 0.2) is 47.3 Å². The van der Waals surface area contributed by atoms with Crippen LogP contribution in [0.4, 0.5) is 11.4 Å². The van der Waals surface area contributed by atoms with E-state index in [1.807, 2.05) is 0 Å². The van der Waals surface area contributed by atoms with E-state index in [0.29, 0.717) is 22.0 Å². The number of hydrogen-bond acceptors (Lipinski definition) is 5. The van der Waals surface area contributed by atoms with E-state index in [-0.39, 0.29) is 16.9 Å². The Morgan fingerprint density at radius 1 is 1.18 bits per heavy atom. The fourth-order valence-electron chi connectivity index (χ4n) is 2.36. The van der Waals surface area contributed by atoms with E-state index >= 15 is 0 Å². The number of nitrogen functional groups attached to an aromatic ring is 1. The first-order valence-electron chi connectivity index (χ1n) is 6.49. The molecule has 0 aliphatic carbocycles. The normalized spacial score (nSPS) is 10.8. The monoisotopic (exact) mass is 296 g/mol. The molecule has 0 spiro atoms. The first-order valence-corrected chi connectivity index (χ1v) is 6.49. The van der Waals surface area contributed by atoms with E-state index in [2.05, 4.69) is 5.10 Å². The molecule has 2 N–H and O–H groups in total. The Balaban J connectivity index is 2.36. The topological polar surface area (TPSA) is 104 Å². The highest BCUT2D eigenvalue weighted by Crippen LogP contribution is 2.30. The van der Waals surface area contributed by atoms with Gasteiger partial charge < -0.3 is 5.73 Å². The Kier molecular flexibility index (Phi) is 3.10. The zero-order valence-electron chi connectivity index (χ0n) is 11.7. The Hall–Kier alpha value is -3.22. The minimum absolute atomic E-state index is 0.0860. The van der Waals surface area contributed by atoms with E-state index in [1.54, 1.807) is 37.4 Å². The lowest BCUT2D eigenvalue weighted by Gasteiger charge is -2.08. The SMILES string of the molecule is Cn1nc(-c2ccc(N)c([N+](=O)[O-])c2)c2ccccc2c1=O. The van der Waals surface area contributed by atoms with E-state index in [4.69, 9.17) is 5.73 Å². The molecule has 0 bridgehead atoms. The number of nitrogens with two attached hydrogens (primary N) is 1. The maximum atomic E-state index is 12.1. The van der Waals surface area contributed by atoms with Gasteiger partial charge in [0.15, 0.2) is 0 Å². The zero-order chi connectivity index (χ0) is 15.9. The van der Waals surface area contributed by atoms with Crippen LogP contribution in [0.2, 0.25) is 0 Å². The van der Waals surface area contributed by atoms with Crippen LogP contribution in [-0.4, -0.2) is 14.7 Å². The van der Waals surface area contributed by atoms with E-state index in [0.717, 1.165) is 0 Å². The summed E-state index contributed by atoms with van der Waals surface area (Å²) >= 11 is 0. The molecular formula is C15H12N4O3. The van der Waals surface area contributed by atoms with Gasteiger partial charge in [-0.05, 0) is 12.1 Å². The fourth-order valence-corrected chi connectivity index (χ4v) is 2.36. The van der Waals surface area contributed by atoms with Crippen molar-refractivity contribution in [3.05, 3.63) is 62.9 Å². The van der Waals surface area contributed by atoms with Gasteiger partial charge in [0.05, 0.1) is 16.0 Å². The lowest BCUT2D eigenvalue weighted by atomic mass is 10.0. The van der Waals surface area contributed by atoms with Crippen LogP contribution in [0.1, 0.15) is 0 Å². The highest BCUT2D eigenvalue weighted by atomic mass is 16.6. The van der Waals surface area contributed by atoms with Crippen molar-refractivity contribution in [1.29, 1.82) is 0 Å². The molecule has 1 heterocycles. The highest BCUT2D eigenvalue weighted by molar-refractivity contribution is 5.94. The van der Waals surface area contributed by atoms with E-state index in [1.165, 1.54) is 16.8 Å². The molecule has 2 aromatic carbocycles. The smallest absolute Gasteiger partial charge is 0.292 e. The van der Waals surface area contributed by atoms with Crippen LogP contribution in [0.3, 0.4) is 0 Å². The summed E-state index contributed by atoms with van der Waals surface area (Å²) in [4.78, 5) is 22.6. The predicted molar refractivity (Wildman–Crippen MR) is 83.5 cm³/mol. The van der Waals surface area contributed by atoms with Gasteiger partial charge in [0.2, 0.25) is 0 Å². The maximum absolute atomic E-state index is 12.1. The van der Waals surface area contributed by atoms with Gasteiger partial charge >= 0.3 is 0 Å². The van der Waals surface area contributed by atoms with Gasteiger partial charge in [-0.3, -0.25) is 14.9 Å². The third-order valence-corrected chi connectivity index (χ3v) is 3.46. The van der Waals surface area contributed by atoms with E-state index in [9.17, 15) is 14.9 Å². The Bertz CT molecular complexity index is 963. The summed E-state index contributed by atoms with van der Waals surface area (Å²) in [6.07, 6.45) is 0. The summed E-state index contributed by atoms with van der Waals surface area (Å²) in [6.45, 7) is 0. The van der Waals surface area contributed by atoms with Gasteiger partial charge in [0.25, 0.3) is 11.2 Å². The van der Waals surface area contributed by atoms with Gasteiger partial charge in [-0.1, -0.05) is 24.3 Å². The largest absolute Gasteiger partial charge is 0.393 e. The van der Waals surface area contributed by atoms with Crippen molar-refractivity contribution < 1.29 is 4.92 Å². The molecule has 110 valence electrons. The molecule has 0 unspecified atom stereocenters. The van der Waals surface area contributed by atoms with Gasteiger partial charge in [0, 0.05) is 24.1 Å². The van der Waals surface area contributed by atoms with Crippen LogP contribution in [-0.2, 0) is 7.05 Å².